The van der Waals surface area contributed by atoms with Gasteiger partial charge in [0.15, 0.2) is 5.11 Å². The monoisotopic (exact) mass is 652 g/mol. The number of hydrogen-bond acceptors (Lipinski definition) is 7. The van der Waals surface area contributed by atoms with Gasteiger partial charge in [0, 0.05) is 43.3 Å². The largest absolute Gasteiger partial charge is 0.497 e. The Hall–Kier alpha value is -5.21. The van der Waals surface area contributed by atoms with Crippen LogP contribution >= 0.6 is 12.2 Å². The number of methoxy groups -OCH3 is 2. The molecule has 11 heteroatoms. The minimum absolute atomic E-state index is 0.117. The zero-order valence-electron chi connectivity index (χ0n) is 27.1. The molecule has 2 N–H and O–H groups in total. The first-order valence-electron chi connectivity index (χ1n) is 15.4. The van der Waals surface area contributed by atoms with Gasteiger partial charge < -0.3 is 29.6 Å². The van der Waals surface area contributed by atoms with E-state index in [9.17, 15) is 9.59 Å². The smallest absolute Gasteiger partial charge is 0.337 e. The van der Waals surface area contributed by atoms with Crippen LogP contribution in [0.1, 0.15) is 53.0 Å². The highest BCUT2D eigenvalue weighted by atomic mass is 32.1. The molecule has 3 aromatic carbocycles. The summed E-state index contributed by atoms with van der Waals surface area (Å²) in [7, 11) is 2.97. The van der Waals surface area contributed by atoms with Crippen LogP contribution < -0.4 is 15.4 Å². The van der Waals surface area contributed by atoms with Crippen LogP contribution in [0.15, 0.2) is 85.3 Å². The van der Waals surface area contributed by atoms with Gasteiger partial charge in [-0.3, -0.25) is 4.79 Å². The standard InChI is InChI=1S/C36H40N6O4S/c1-5-25(2)33(40-34(43)18-31-20-38-24-42(31)22-27-8-6-26(19-37)7-9-27)23-41(21-28-10-12-29(13-11-28)35(44)46-4)36(47)39-30-14-16-32(45-3)17-15-30/h6-17,20,24-25,33H,5,18,21-23H2,1-4H3,(H,39,47)(H,40,43)/t25-,33+/m0/s1. The van der Waals surface area contributed by atoms with Crippen LogP contribution in [0.2, 0.25) is 0 Å². The van der Waals surface area contributed by atoms with Crippen molar-refractivity contribution in [2.75, 3.05) is 26.1 Å². The number of imidazole rings is 1. The predicted octanol–water partition coefficient (Wildman–Crippen LogP) is 5.57. The average Bonchev–Trinajstić information content (AvgIpc) is 3.53. The van der Waals surface area contributed by atoms with E-state index in [0.29, 0.717) is 35.9 Å². The van der Waals surface area contributed by atoms with Crippen molar-refractivity contribution in [3.8, 4) is 11.8 Å². The van der Waals surface area contributed by atoms with E-state index in [4.69, 9.17) is 27.0 Å². The summed E-state index contributed by atoms with van der Waals surface area (Å²) < 4.78 is 12.1. The molecule has 0 radical (unpaired) electrons. The Kier molecular flexibility index (Phi) is 12.5. The Morgan fingerprint density at radius 3 is 2.32 bits per heavy atom. The fourth-order valence-electron chi connectivity index (χ4n) is 5.01. The zero-order valence-corrected chi connectivity index (χ0v) is 27.9. The van der Waals surface area contributed by atoms with Crippen LogP contribution in [-0.4, -0.2) is 58.2 Å². The lowest BCUT2D eigenvalue weighted by Crippen LogP contribution is -2.50. The minimum Gasteiger partial charge on any atom is -0.497 e. The van der Waals surface area contributed by atoms with Gasteiger partial charge in [0.2, 0.25) is 5.91 Å². The van der Waals surface area contributed by atoms with Crippen molar-refractivity contribution in [2.24, 2.45) is 5.92 Å². The number of benzene rings is 3. The van der Waals surface area contributed by atoms with E-state index in [0.717, 1.165) is 34.7 Å². The number of nitrogens with zero attached hydrogens (tertiary/aromatic N) is 4. The third kappa shape index (κ3) is 9.89. The van der Waals surface area contributed by atoms with E-state index in [1.54, 1.807) is 43.9 Å². The number of anilines is 1. The van der Waals surface area contributed by atoms with Crippen molar-refractivity contribution in [2.45, 2.75) is 45.8 Å². The molecule has 0 aliphatic rings. The number of esters is 1. The van der Waals surface area contributed by atoms with E-state index >= 15 is 0 Å². The van der Waals surface area contributed by atoms with Gasteiger partial charge in [-0.15, -0.1) is 0 Å². The first-order chi connectivity index (χ1) is 22.7. The lowest BCUT2D eigenvalue weighted by molar-refractivity contribution is -0.121. The van der Waals surface area contributed by atoms with Crippen LogP contribution in [0.25, 0.3) is 0 Å². The topological polar surface area (TPSA) is 122 Å². The predicted molar refractivity (Wildman–Crippen MR) is 185 cm³/mol. The minimum atomic E-state index is -0.400. The zero-order chi connectivity index (χ0) is 33.8. The van der Waals surface area contributed by atoms with E-state index in [1.165, 1.54) is 7.11 Å². The number of nitrogens with one attached hydrogen (secondary N) is 2. The van der Waals surface area contributed by atoms with Crippen molar-refractivity contribution in [1.29, 1.82) is 5.26 Å². The third-order valence-electron chi connectivity index (χ3n) is 8.05. The summed E-state index contributed by atoms with van der Waals surface area (Å²) in [6, 6.07) is 24.0. The summed E-state index contributed by atoms with van der Waals surface area (Å²) >= 11 is 5.91. The fraction of sp³-hybridized carbons (Fsp3) is 0.306. The Morgan fingerprint density at radius 2 is 1.70 bits per heavy atom. The average molecular weight is 653 g/mol. The molecule has 0 fully saturated rings. The number of aromatic nitrogens is 2. The van der Waals surface area contributed by atoms with Gasteiger partial charge in [-0.2, -0.15) is 5.26 Å². The summed E-state index contributed by atoms with van der Waals surface area (Å²) in [6.45, 7) is 5.65. The van der Waals surface area contributed by atoms with Crippen LogP contribution in [0, 0.1) is 17.2 Å². The van der Waals surface area contributed by atoms with Gasteiger partial charge in [-0.1, -0.05) is 44.5 Å². The number of amides is 1. The molecule has 1 heterocycles. The number of carbonyl (C=O) groups excluding carboxylic acids is 2. The highest BCUT2D eigenvalue weighted by Gasteiger charge is 2.24. The molecule has 0 unspecified atom stereocenters. The quantitative estimate of drug-likeness (QED) is 0.133. The summed E-state index contributed by atoms with van der Waals surface area (Å²) in [4.78, 5) is 31.8. The maximum Gasteiger partial charge on any atom is 0.337 e. The normalized spacial score (nSPS) is 11.9. The Bertz CT molecular complexity index is 1680. The second-order valence-electron chi connectivity index (χ2n) is 11.3. The molecular formula is C36H40N6O4S. The Balaban J connectivity index is 1.50. The van der Waals surface area contributed by atoms with Crippen molar-refractivity contribution in [3.63, 3.8) is 0 Å². The molecule has 1 amide bonds. The summed E-state index contributed by atoms with van der Waals surface area (Å²) in [5.41, 5.74) is 4.60. The molecule has 0 aliphatic carbocycles. The number of rotatable bonds is 14. The van der Waals surface area contributed by atoms with Crippen molar-refractivity contribution in [1.82, 2.24) is 19.8 Å². The Morgan fingerprint density at radius 1 is 1.02 bits per heavy atom. The van der Waals surface area contributed by atoms with Gasteiger partial charge in [0.05, 0.1) is 44.2 Å². The van der Waals surface area contributed by atoms with Crippen LogP contribution in [0.5, 0.6) is 5.75 Å². The first kappa shape index (κ1) is 34.7. The van der Waals surface area contributed by atoms with Crippen molar-refractivity contribution in [3.05, 3.63) is 113 Å². The molecular weight excluding hydrogens is 613 g/mol. The van der Waals surface area contributed by atoms with Gasteiger partial charge in [0.1, 0.15) is 5.75 Å². The van der Waals surface area contributed by atoms with Gasteiger partial charge in [-0.05, 0) is 77.8 Å². The molecule has 4 rings (SSSR count). The van der Waals surface area contributed by atoms with Gasteiger partial charge in [-0.25, -0.2) is 9.78 Å². The second-order valence-corrected chi connectivity index (χ2v) is 11.7. The first-order valence-corrected chi connectivity index (χ1v) is 15.8. The number of hydrogen-bond donors (Lipinski definition) is 2. The number of nitriles is 1. The maximum absolute atomic E-state index is 13.5. The van der Waals surface area contributed by atoms with E-state index in [-0.39, 0.29) is 24.3 Å². The number of ether oxygens (including phenoxy) is 2. The molecule has 0 saturated heterocycles. The number of carbonyl (C=O) groups is 2. The van der Waals surface area contributed by atoms with Crippen molar-refractivity contribution >= 4 is 34.9 Å². The molecule has 47 heavy (non-hydrogen) atoms. The highest BCUT2D eigenvalue weighted by molar-refractivity contribution is 7.80. The number of thiocarbonyl (C=S) groups is 1. The molecule has 2 atom stereocenters. The molecule has 10 nitrogen and oxygen atoms in total. The lowest BCUT2D eigenvalue weighted by atomic mass is 9.98. The van der Waals surface area contributed by atoms with Crippen LogP contribution in [-0.2, 0) is 29.0 Å². The molecule has 0 spiro atoms. The molecule has 0 aliphatic heterocycles. The van der Waals surface area contributed by atoms with E-state index in [2.05, 4.69) is 35.5 Å². The summed E-state index contributed by atoms with van der Waals surface area (Å²) in [6.07, 6.45) is 4.43. The molecule has 0 bridgehead atoms. The Labute approximate surface area is 281 Å². The second kappa shape index (κ2) is 16.9. The van der Waals surface area contributed by atoms with Crippen LogP contribution in [0.3, 0.4) is 0 Å². The van der Waals surface area contributed by atoms with Crippen LogP contribution in [0.4, 0.5) is 5.69 Å². The van der Waals surface area contributed by atoms with Crippen molar-refractivity contribution < 1.29 is 19.1 Å². The molecule has 1 aromatic heterocycles. The summed E-state index contributed by atoms with van der Waals surface area (Å²) in [5, 5.41) is 16.2. The molecule has 244 valence electrons. The maximum atomic E-state index is 13.5. The SMILES string of the molecule is CC[C@H](C)[C@@H](CN(Cc1ccc(C(=O)OC)cc1)C(=S)Nc1ccc(OC)cc1)NC(=O)Cc1cncn1Cc1ccc(C#N)cc1. The van der Waals surface area contributed by atoms with E-state index in [1.807, 2.05) is 58.0 Å². The van der Waals surface area contributed by atoms with Gasteiger partial charge in [0.25, 0.3) is 0 Å². The molecule has 4 aromatic rings. The third-order valence-corrected chi connectivity index (χ3v) is 8.41. The van der Waals surface area contributed by atoms with Gasteiger partial charge >= 0.3 is 5.97 Å². The summed E-state index contributed by atoms with van der Waals surface area (Å²) in [5.74, 6) is 0.369. The lowest BCUT2D eigenvalue weighted by Gasteiger charge is -2.33. The molecule has 0 saturated carbocycles. The fourth-order valence-corrected chi connectivity index (χ4v) is 5.27. The van der Waals surface area contributed by atoms with E-state index < -0.39 is 5.97 Å². The highest BCUT2D eigenvalue weighted by Crippen LogP contribution is 2.19.